The first-order valence-electron chi connectivity index (χ1n) is 16.9. The van der Waals surface area contributed by atoms with E-state index in [0.717, 1.165) is 31.1 Å². The van der Waals surface area contributed by atoms with Crippen molar-refractivity contribution < 1.29 is 9.53 Å². The number of carbonyl (C=O) groups is 1. The zero-order chi connectivity index (χ0) is 29.7. The largest absolute Gasteiger partial charge is 0.461 e. The number of hydrogen-bond donors (Lipinski definition) is 1. The predicted octanol–water partition coefficient (Wildman–Crippen LogP) is 9.79. The standard InChI is InChI=1S/C37H63NO2/c1-11-25(4)23-30(38)33(39)40-32-19-20-35(8)28-18-22-36(9)27(26(5)14-12-13-24(2)3)17-21-37(36,10)29(28)15-16-31(35)34(32,6)7/h13,25-27,30-32H,11-12,14-23,38H2,1-10H3/t25-,26+,27+,30-,31?,32-,35+,36+,37-/m0/s1. The molecule has 0 aromatic rings. The van der Waals surface area contributed by atoms with Crippen LogP contribution in [0.15, 0.2) is 22.8 Å². The summed E-state index contributed by atoms with van der Waals surface area (Å²) >= 11 is 0. The van der Waals surface area contributed by atoms with Crippen LogP contribution in [-0.4, -0.2) is 18.1 Å². The van der Waals surface area contributed by atoms with Gasteiger partial charge in [-0.3, -0.25) is 4.79 Å². The minimum absolute atomic E-state index is 0.0369. The maximum Gasteiger partial charge on any atom is 0.323 e. The van der Waals surface area contributed by atoms with E-state index in [2.05, 4.69) is 75.3 Å². The van der Waals surface area contributed by atoms with Gasteiger partial charge < -0.3 is 10.5 Å². The molecule has 40 heavy (non-hydrogen) atoms. The Kier molecular flexibility index (Phi) is 9.18. The molecule has 0 saturated heterocycles. The number of hydrogen-bond acceptors (Lipinski definition) is 3. The fourth-order valence-corrected chi connectivity index (χ4v) is 10.6. The number of ether oxygens (including phenoxy) is 1. The monoisotopic (exact) mass is 553 g/mol. The zero-order valence-electron chi connectivity index (χ0n) is 27.9. The van der Waals surface area contributed by atoms with Crippen LogP contribution in [0.5, 0.6) is 0 Å². The van der Waals surface area contributed by atoms with E-state index in [4.69, 9.17) is 10.5 Å². The fraction of sp³-hybridized carbons (Fsp3) is 0.865. The lowest BCUT2D eigenvalue weighted by molar-refractivity contribution is -0.171. The van der Waals surface area contributed by atoms with Crippen LogP contribution in [0.3, 0.4) is 0 Å². The van der Waals surface area contributed by atoms with Crippen molar-refractivity contribution >= 4 is 5.97 Å². The summed E-state index contributed by atoms with van der Waals surface area (Å²) in [7, 11) is 0. The van der Waals surface area contributed by atoms with Gasteiger partial charge in [0.15, 0.2) is 0 Å². The van der Waals surface area contributed by atoms with Crippen molar-refractivity contribution in [2.75, 3.05) is 0 Å². The Morgan fingerprint density at radius 3 is 2.35 bits per heavy atom. The molecule has 0 aromatic carbocycles. The van der Waals surface area contributed by atoms with Gasteiger partial charge in [-0.1, -0.05) is 84.6 Å². The predicted molar refractivity (Wildman–Crippen MR) is 169 cm³/mol. The molecule has 3 nitrogen and oxygen atoms in total. The van der Waals surface area contributed by atoms with Gasteiger partial charge >= 0.3 is 5.97 Å². The number of carbonyl (C=O) groups excluding carboxylic acids is 1. The highest BCUT2D eigenvalue weighted by Crippen LogP contribution is 2.72. The summed E-state index contributed by atoms with van der Waals surface area (Å²) in [6.45, 7) is 24.0. The summed E-state index contributed by atoms with van der Waals surface area (Å²) < 4.78 is 6.25. The second-order valence-corrected chi connectivity index (χ2v) is 16.3. The lowest BCUT2D eigenvalue weighted by atomic mass is 9.43. The molecule has 2 saturated carbocycles. The molecule has 0 spiro atoms. The van der Waals surface area contributed by atoms with Crippen LogP contribution in [0.1, 0.15) is 146 Å². The van der Waals surface area contributed by atoms with Gasteiger partial charge in [0.1, 0.15) is 12.1 Å². The first-order valence-corrected chi connectivity index (χ1v) is 16.9. The number of nitrogens with two attached hydrogens (primary N) is 1. The molecule has 2 N–H and O–H groups in total. The molecule has 3 heteroatoms. The average molecular weight is 554 g/mol. The van der Waals surface area contributed by atoms with Crippen molar-refractivity contribution in [1.82, 2.24) is 0 Å². The Morgan fingerprint density at radius 1 is 1.00 bits per heavy atom. The topological polar surface area (TPSA) is 52.3 Å². The first-order chi connectivity index (χ1) is 18.6. The molecule has 0 radical (unpaired) electrons. The molecule has 0 amide bonds. The summed E-state index contributed by atoms with van der Waals surface area (Å²) in [5.41, 5.74) is 12.3. The van der Waals surface area contributed by atoms with Crippen LogP contribution < -0.4 is 5.73 Å². The van der Waals surface area contributed by atoms with Crippen LogP contribution >= 0.6 is 0 Å². The van der Waals surface area contributed by atoms with Gasteiger partial charge in [-0.25, -0.2) is 0 Å². The Bertz CT molecular complexity index is 1000. The van der Waals surface area contributed by atoms with Gasteiger partial charge in [-0.05, 0) is 124 Å². The molecule has 2 fully saturated rings. The lowest BCUT2D eigenvalue weighted by Gasteiger charge is -2.62. The van der Waals surface area contributed by atoms with E-state index in [1.165, 1.54) is 56.9 Å². The first kappa shape index (κ1) is 31.8. The Labute approximate surface area is 247 Å². The molecule has 4 aliphatic rings. The quantitative estimate of drug-likeness (QED) is 0.228. The highest BCUT2D eigenvalue weighted by molar-refractivity contribution is 5.75. The molecule has 0 aromatic heterocycles. The molecular weight excluding hydrogens is 490 g/mol. The normalized spacial score (nSPS) is 38.9. The van der Waals surface area contributed by atoms with Crippen LogP contribution in [0.2, 0.25) is 0 Å². The summed E-state index contributed by atoms with van der Waals surface area (Å²) in [6.07, 6.45) is 16.6. The van der Waals surface area contributed by atoms with E-state index in [1.54, 1.807) is 0 Å². The molecule has 4 rings (SSSR count). The van der Waals surface area contributed by atoms with Crippen molar-refractivity contribution in [3.8, 4) is 0 Å². The van der Waals surface area contributed by atoms with Gasteiger partial charge in [0.25, 0.3) is 0 Å². The third-order valence-corrected chi connectivity index (χ3v) is 13.5. The second kappa shape index (κ2) is 11.5. The molecule has 0 heterocycles. The third-order valence-electron chi connectivity index (χ3n) is 13.5. The zero-order valence-corrected chi connectivity index (χ0v) is 27.9. The van der Waals surface area contributed by atoms with E-state index in [1.807, 2.05) is 11.1 Å². The SMILES string of the molecule is CC[C@H](C)C[C@H](N)C(=O)O[C@H]1CC[C@]2(C)C3=C(CCC2C1(C)C)[C@]1(C)CC[C@H]([C@H](C)CCC=C(C)C)[C@@]1(C)CC3. The van der Waals surface area contributed by atoms with E-state index < -0.39 is 6.04 Å². The highest BCUT2D eigenvalue weighted by Gasteiger charge is 2.63. The number of esters is 1. The Balaban J connectivity index is 1.54. The summed E-state index contributed by atoms with van der Waals surface area (Å²) in [5.74, 6) is 2.42. The third kappa shape index (κ3) is 5.28. The maximum absolute atomic E-state index is 13.0. The van der Waals surface area contributed by atoms with Gasteiger partial charge in [0.05, 0.1) is 0 Å². The van der Waals surface area contributed by atoms with Crippen molar-refractivity contribution in [2.45, 2.75) is 158 Å². The average Bonchev–Trinajstić information content (AvgIpc) is 3.16. The van der Waals surface area contributed by atoms with Crippen molar-refractivity contribution in [3.63, 3.8) is 0 Å². The number of rotatable bonds is 9. The van der Waals surface area contributed by atoms with E-state index >= 15 is 0 Å². The molecule has 4 aliphatic carbocycles. The van der Waals surface area contributed by atoms with Crippen LogP contribution in [0.25, 0.3) is 0 Å². The number of allylic oxidation sites excluding steroid dienone is 4. The smallest absolute Gasteiger partial charge is 0.323 e. The van der Waals surface area contributed by atoms with Crippen molar-refractivity contribution in [1.29, 1.82) is 0 Å². The highest BCUT2D eigenvalue weighted by atomic mass is 16.5. The molecule has 0 aliphatic heterocycles. The minimum Gasteiger partial charge on any atom is -0.461 e. The Morgan fingerprint density at radius 2 is 1.70 bits per heavy atom. The molecule has 0 bridgehead atoms. The molecular formula is C37H63NO2. The van der Waals surface area contributed by atoms with Crippen LogP contribution in [0, 0.1) is 45.3 Å². The van der Waals surface area contributed by atoms with Crippen molar-refractivity contribution in [2.24, 2.45) is 51.1 Å². The van der Waals surface area contributed by atoms with Crippen molar-refractivity contribution in [3.05, 3.63) is 22.8 Å². The second-order valence-electron chi connectivity index (χ2n) is 16.3. The molecule has 228 valence electrons. The fourth-order valence-electron chi connectivity index (χ4n) is 10.6. The van der Waals surface area contributed by atoms with Gasteiger partial charge in [-0.15, -0.1) is 0 Å². The van der Waals surface area contributed by atoms with E-state index in [0.29, 0.717) is 29.1 Å². The van der Waals surface area contributed by atoms with Crippen LogP contribution in [-0.2, 0) is 9.53 Å². The minimum atomic E-state index is -0.504. The Hall–Kier alpha value is -1.09. The summed E-state index contributed by atoms with van der Waals surface area (Å²) in [4.78, 5) is 13.0. The van der Waals surface area contributed by atoms with E-state index in [-0.39, 0.29) is 22.9 Å². The van der Waals surface area contributed by atoms with Gasteiger partial charge in [0, 0.05) is 5.41 Å². The molecule has 9 atom stereocenters. The number of fused-ring (bicyclic) bond motifs is 4. The summed E-state index contributed by atoms with van der Waals surface area (Å²) in [5, 5.41) is 0. The lowest BCUT2D eigenvalue weighted by Crippen LogP contribution is -2.56. The maximum atomic E-state index is 13.0. The van der Waals surface area contributed by atoms with Gasteiger partial charge in [0.2, 0.25) is 0 Å². The molecule has 1 unspecified atom stereocenters. The summed E-state index contributed by atoms with van der Waals surface area (Å²) in [6, 6.07) is -0.504. The van der Waals surface area contributed by atoms with Crippen LogP contribution in [0.4, 0.5) is 0 Å². The van der Waals surface area contributed by atoms with Gasteiger partial charge in [-0.2, -0.15) is 0 Å². The van der Waals surface area contributed by atoms with E-state index in [9.17, 15) is 4.79 Å².